The van der Waals surface area contributed by atoms with Crippen LogP contribution in [0.4, 0.5) is 4.39 Å². The number of rotatable bonds is 6. The molecule has 0 unspecified atom stereocenters. The molecule has 0 atom stereocenters. The second-order valence-electron chi connectivity index (χ2n) is 5.29. The van der Waals surface area contributed by atoms with Gasteiger partial charge >= 0.3 is 0 Å². The van der Waals surface area contributed by atoms with Gasteiger partial charge in [-0.25, -0.2) is 9.37 Å². The third-order valence-electron chi connectivity index (χ3n) is 3.30. The van der Waals surface area contributed by atoms with Crippen molar-refractivity contribution in [1.82, 2.24) is 9.88 Å². The van der Waals surface area contributed by atoms with Crippen LogP contribution in [0.3, 0.4) is 0 Å². The Hall–Kier alpha value is -1.94. The molecule has 1 heterocycles. The molecule has 0 N–H and O–H groups in total. The van der Waals surface area contributed by atoms with Gasteiger partial charge in [-0.05, 0) is 44.7 Å². The van der Waals surface area contributed by atoms with E-state index in [1.807, 2.05) is 13.8 Å². The van der Waals surface area contributed by atoms with E-state index in [4.69, 9.17) is 4.42 Å². The number of nitrogens with zero attached hydrogens (tertiary/aromatic N) is 2. The van der Waals surface area contributed by atoms with Crippen LogP contribution in [0.15, 0.2) is 40.8 Å². The minimum absolute atomic E-state index is 0.263. The SMILES string of the molecule is C=C(C)CN(CC)Cc1nc(-c2ccc(F)cc2)oc1C. The first-order chi connectivity index (χ1) is 9.99. The lowest BCUT2D eigenvalue weighted by Crippen LogP contribution is -2.25. The van der Waals surface area contributed by atoms with E-state index in [0.717, 1.165) is 42.2 Å². The molecule has 0 radical (unpaired) electrons. The van der Waals surface area contributed by atoms with Crippen LogP contribution in [0.2, 0.25) is 0 Å². The van der Waals surface area contributed by atoms with E-state index < -0.39 is 0 Å². The zero-order valence-corrected chi connectivity index (χ0v) is 12.8. The second-order valence-corrected chi connectivity index (χ2v) is 5.29. The summed E-state index contributed by atoms with van der Waals surface area (Å²) in [6.45, 7) is 12.5. The van der Waals surface area contributed by atoms with Gasteiger partial charge < -0.3 is 4.42 Å². The molecule has 2 aromatic rings. The summed E-state index contributed by atoms with van der Waals surface area (Å²) in [6, 6.07) is 6.17. The average molecular weight is 288 g/mol. The number of hydrogen-bond acceptors (Lipinski definition) is 3. The minimum Gasteiger partial charge on any atom is -0.441 e. The van der Waals surface area contributed by atoms with Gasteiger partial charge in [0.2, 0.25) is 5.89 Å². The highest BCUT2D eigenvalue weighted by Gasteiger charge is 2.14. The summed E-state index contributed by atoms with van der Waals surface area (Å²) in [6.07, 6.45) is 0. The Morgan fingerprint density at radius 2 is 2.00 bits per heavy atom. The Kier molecular flexibility index (Phi) is 4.91. The molecule has 1 aromatic carbocycles. The number of aryl methyl sites for hydroxylation is 1. The van der Waals surface area contributed by atoms with Crippen molar-refractivity contribution < 1.29 is 8.81 Å². The van der Waals surface area contributed by atoms with Gasteiger partial charge in [-0.1, -0.05) is 19.1 Å². The van der Waals surface area contributed by atoms with E-state index in [1.54, 1.807) is 12.1 Å². The fourth-order valence-electron chi connectivity index (χ4n) is 2.16. The number of benzene rings is 1. The number of likely N-dealkylation sites (N-methyl/N-ethyl adjacent to an activating group) is 1. The molecule has 0 spiro atoms. The molecule has 112 valence electrons. The summed E-state index contributed by atoms with van der Waals surface area (Å²) in [4.78, 5) is 6.80. The Bertz CT molecular complexity index is 616. The van der Waals surface area contributed by atoms with Crippen LogP contribution in [0, 0.1) is 12.7 Å². The van der Waals surface area contributed by atoms with Crippen LogP contribution < -0.4 is 0 Å². The minimum atomic E-state index is -0.263. The monoisotopic (exact) mass is 288 g/mol. The molecule has 21 heavy (non-hydrogen) atoms. The lowest BCUT2D eigenvalue weighted by atomic mass is 10.2. The Morgan fingerprint density at radius 3 is 2.57 bits per heavy atom. The molecule has 0 aliphatic rings. The van der Waals surface area contributed by atoms with E-state index >= 15 is 0 Å². The van der Waals surface area contributed by atoms with E-state index in [-0.39, 0.29) is 5.82 Å². The Balaban J connectivity index is 2.18. The molecular weight excluding hydrogens is 267 g/mol. The molecule has 0 saturated heterocycles. The molecule has 0 amide bonds. The first kappa shape index (κ1) is 15.4. The largest absolute Gasteiger partial charge is 0.441 e. The maximum atomic E-state index is 13.0. The summed E-state index contributed by atoms with van der Waals surface area (Å²) in [5.74, 6) is 1.07. The molecule has 0 aliphatic heterocycles. The molecule has 4 heteroatoms. The van der Waals surface area contributed by atoms with Crippen LogP contribution in [-0.4, -0.2) is 23.0 Å². The first-order valence-corrected chi connectivity index (χ1v) is 7.08. The van der Waals surface area contributed by atoms with Crippen molar-refractivity contribution >= 4 is 0 Å². The zero-order chi connectivity index (χ0) is 15.4. The molecule has 1 aromatic heterocycles. The lowest BCUT2D eigenvalue weighted by Gasteiger charge is -2.19. The van der Waals surface area contributed by atoms with Crippen molar-refractivity contribution in [3.05, 3.63) is 53.7 Å². The third-order valence-corrected chi connectivity index (χ3v) is 3.30. The van der Waals surface area contributed by atoms with Crippen LogP contribution in [0.1, 0.15) is 25.3 Å². The van der Waals surface area contributed by atoms with Gasteiger partial charge in [0.1, 0.15) is 11.6 Å². The number of aromatic nitrogens is 1. The Morgan fingerprint density at radius 1 is 1.33 bits per heavy atom. The van der Waals surface area contributed by atoms with Gasteiger partial charge in [0, 0.05) is 18.7 Å². The van der Waals surface area contributed by atoms with Gasteiger partial charge in [-0.15, -0.1) is 0 Å². The molecular formula is C17H21FN2O. The highest BCUT2D eigenvalue weighted by molar-refractivity contribution is 5.53. The third kappa shape index (κ3) is 4.02. The standard InChI is InChI=1S/C17H21FN2O/c1-5-20(10-12(2)3)11-16-13(4)21-17(19-16)14-6-8-15(18)9-7-14/h6-9H,2,5,10-11H2,1,3-4H3. The zero-order valence-electron chi connectivity index (χ0n) is 12.8. The maximum absolute atomic E-state index is 13.0. The van der Waals surface area contributed by atoms with Gasteiger partial charge in [0.25, 0.3) is 0 Å². The van der Waals surface area contributed by atoms with Crippen molar-refractivity contribution in [3.63, 3.8) is 0 Å². The topological polar surface area (TPSA) is 29.3 Å². The highest BCUT2D eigenvalue weighted by Crippen LogP contribution is 2.22. The number of hydrogen-bond donors (Lipinski definition) is 0. The molecule has 0 bridgehead atoms. The van der Waals surface area contributed by atoms with Gasteiger partial charge in [-0.3, -0.25) is 4.90 Å². The average Bonchev–Trinajstić information content (AvgIpc) is 2.79. The maximum Gasteiger partial charge on any atom is 0.226 e. The fourth-order valence-corrected chi connectivity index (χ4v) is 2.16. The van der Waals surface area contributed by atoms with Crippen LogP contribution in [0.5, 0.6) is 0 Å². The molecule has 0 aliphatic carbocycles. The second kappa shape index (κ2) is 6.68. The van der Waals surface area contributed by atoms with Gasteiger partial charge in [-0.2, -0.15) is 0 Å². The van der Waals surface area contributed by atoms with Crippen LogP contribution >= 0.6 is 0 Å². The lowest BCUT2D eigenvalue weighted by molar-refractivity contribution is 0.299. The molecule has 0 fully saturated rings. The fraction of sp³-hybridized carbons (Fsp3) is 0.353. The molecule has 0 saturated carbocycles. The Labute approximate surface area is 125 Å². The van der Waals surface area contributed by atoms with Crippen LogP contribution in [-0.2, 0) is 6.54 Å². The summed E-state index contributed by atoms with van der Waals surface area (Å²) in [5, 5.41) is 0. The van der Waals surface area contributed by atoms with Crippen molar-refractivity contribution in [2.45, 2.75) is 27.3 Å². The number of oxazole rings is 1. The van der Waals surface area contributed by atoms with Crippen molar-refractivity contribution in [1.29, 1.82) is 0 Å². The van der Waals surface area contributed by atoms with Gasteiger partial charge in [0.15, 0.2) is 0 Å². The van der Waals surface area contributed by atoms with E-state index in [9.17, 15) is 4.39 Å². The van der Waals surface area contributed by atoms with E-state index in [1.165, 1.54) is 12.1 Å². The quantitative estimate of drug-likeness (QED) is 0.746. The molecule has 2 rings (SSSR count). The van der Waals surface area contributed by atoms with Gasteiger partial charge in [0.05, 0.1) is 5.69 Å². The van der Waals surface area contributed by atoms with Crippen molar-refractivity contribution in [2.75, 3.05) is 13.1 Å². The smallest absolute Gasteiger partial charge is 0.226 e. The summed E-state index contributed by atoms with van der Waals surface area (Å²) < 4.78 is 18.7. The normalized spacial score (nSPS) is 11.1. The highest BCUT2D eigenvalue weighted by atomic mass is 19.1. The van der Waals surface area contributed by atoms with Crippen molar-refractivity contribution in [3.8, 4) is 11.5 Å². The predicted octanol–water partition coefficient (Wildman–Crippen LogP) is 4.19. The van der Waals surface area contributed by atoms with E-state index in [0.29, 0.717) is 5.89 Å². The van der Waals surface area contributed by atoms with Crippen LogP contribution in [0.25, 0.3) is 11.5 Å². The van der Waals surface area contributed by atoms with E-state index in [2.05, 4.69) is 23.4 Å². The summed E-state index contributed by atoms with van der Waals surface area (Å²) in [7, 11) is 0. The summed E-state index contributed by atoms with van der Waals surface area (Å²) in [5.41, 5.74) is 2.82. The van der Waals surface area contributed by atoms with Crippen molar-refractivity contribution in [2.24, 2.45) is 0 Å². The number of halogens is 1. The predicted molar refractivity (Wildman–Crippen MR) is 82.4 cm³/mol. The summed E-state index contributed by atoms with van der Waals surface area (Å²) >= 11 is 0. The molecule has 3 nitrogen and oxygen atoms in total. The first-order valence-electron chi connectivity index (χ1n) is 7.08.